The topological polar surface area (TPSA) is 42.1 Å². The monoisotopic (exact) mass is 205 g/mol. The van der Waals surface area contributed by atoms with Crippen LogP contribution in [-0.4, -0.2) is 23.6 Å². The maximum Gasteiger partial charge on any atom is 0.129 e. The molecule has 0 aliphatic heterocycles. The lowest BCUT2D eigenvalue weighted by atomic mass is 10.3. The van der Waals surface area contributed by atoms with Crippen LogP contribution in [0.4, 0.5) is 5.82 Å². The van der Waals surface area contributed by atoms with Crippen LogP contribution >= 0.6 is 0 Å². The van der Waals surface area contributed by atoms with Crippen LogP contribution in [0.1, 0.15) is 25.5 Å². The largest absolute Gasteiger partial charge is 0.352 e. The molecule has 2 N–H and O–H groups in total. The molecule has 1 fully saturated rings. The van der Waals surface area contributed by atoms with Crippen molar-refractivity contribution >= 4 is 5.82 Å². The quantitative estimate of drug-likeness (QED) is 0.813. The fourth-order valence-corrected chi connectivity index (χ4v) is 1.81. The molecule has 0 saturated heterocycles. The Morgan fingerprint density at radius 1 is 1.53 bits per heavy atom. The van der Waals surface area contributed by atoms with E-state index in [0.717, 1.165) is 18.1 Å². The molecule has 0 spiro atoms. The lowest BCUT2D eigenvalue weighted by Crippen LogP contribution is -2.37. The van der Waals surface area contributed by atoms with Crippen molar-refractivity contribution < 1.29 is 0 Å². The standard InChI is InChI=1S/C12H19N3/c1-9(13)8-15(11-6-7-11)12-5-3-4-10(2)14-12/h3-5,9,11H,6-8,13H2,1-2H3. The van der Waals surface area contributed by atoms with Crippen LogP contribution in [-0.2, 0) is 0 Å². The highest BCUT2D eigenvalue weighted by molar-refractivity contribution is 5.42. The number of anilines is 1. The molecule has 3 heteroatoms. The molecule has 82 valence electrons. The Kier molecular flexibility index (Phi) is 2.91. The average molecular weight is 205 g/mol. The number of aromatic nitrogens is 1. The highest BCUT2D eigenvalue weighted by atomic mass is 15.2. The van der Waals surface area contributed by atoms with E-state index in [1.807, 2.05) is 19.9 Å². The van der Waals surface area contributed by atoms with Gasteiger partial charge in [0.1, 0.15) is 5.82 Å². The molecule has 1 heterocycles. The first-order valence-electron chi connectivity index (χ1n) is 5.62. The second-order valence-electron chi connectivity index (χ2n) is 4.50. The first kappa shape index (κ1) is 10.4. The van der Waals surface area contributed by atoms with Crippen molar-refractivity contribution in [2.75, 3.05) is 11.4 Å². The molecule has 1 aromatic rings. The Balaban J connectivity index is 2.16. The summed E-state index contributed by atoms with van der Waals surface area (Å²) in [5.41, 5.74) is 6.94. The minimum Gasteiger partial charge on any atom is -0.352 e. The highest BCUT2D eigenvalue weighted by Crippen LogP contribution is 2.30. The van der Waals surface area contributed by atoms with Gasteiger partial charge in [0.05, 0.1) is 0 Å². The Bertz CT molecular complexity index is 331. The van der Waals surface area contributed by atoms with Crippen molar-refractivity contribution in [3.63, 3.8) is 0 Å². The molecule has 1 aliphatic carbocycles. The summed E-state index contributed by atoms with van der Waals surface area (Å²) in [5.74, 6) is 1.08. The van der Waals surface area contributed by atoms with Crippen molar-refractivity contribution in [1.29, 1.82) is 0 Å². The summed E-state index contributed by atoms with van der Waals surface area (Å²) in [5, 5.41) is 0. The van der Waals surface area contributed by atoms with Gasteiger partial charge >= 0.3 is 0 Å². The summed E-state index contributed by atoms with van der Waals surface area (Å²) < 4.78 is 0. The van der Waals surface area contributed by atoms with Crippen LogP contribution in [0.5, 0.6) is 0 Å². The lowest BCUT2D eigenvalue weighted by molar-refractivity contribution is 0.666. The van der Waals surface area contributed by atoms with Gasteiger partial charge in [-0.3, -0.25) is 0 Å². The second-order valence-corrected chi connectivity index (χ2v) is 4.50. The summed E-state index contributed by atoms with van der Waals surface area (Å²) in [7, 11) is 0. The number of hydrogen-bond acceptors (Lipinski definition) is 3. The molecule has 0 aromatic carbocycles. The van der Waals surface area contributed by atoms with E-state index >= 15 is 0 Å². The van der Waals surface area contributed by atoms with Gasteiger partial charge in [-0.2, -0.15) is 0 Å². The zero-order chi connectivity index (χ0) is 10.8. The third-order valence-corrected chi connectivity index (χ3v) is 2.64. The van der Waals surface area contributed by atoms with E-state index < -0.39 is 0 Å². The van der Waals surface area contributed by atoms with Crippen LogP contribution in [0.2, 0.25) is 0 Å². The molecular weight excluding hydrogens is 186 g/mol. The molecule has 2 rings (SSSR count). The van der Waals surface area contributed by atoms with Crippen molar-refractivity contribution in [2.24, 2.45) is 5.73 Å². The molecule has 1 aliphatic rings. The Morgan fingerprint density at radius 3 is 2.80 bits per heavy atom. The van der Waals surface area contributed by atoms with Gasteiger partial charge in [0.25, 0.3) is 0 Å². The van der Waals surface area contributed by atoms with Crippen molar-refractivity contribution in [1.82, 2.24) is 4.98 Å². The Labute approximate surface area is 91.3 Å². The van der Waals surface area contributed by atoms with Crippen molar-refractivity contribution in [2.45, 2.75) is 38.8 Å². The molecule has 15 heavy (non-hydrogen) atoms. The van der Waals surface area contributed by atoms with Gasteiger partial charge in [-0.25, -0.2) is 4.98 Å². The first-order valence-corrected chi connectivity index (χ1v) is 5.62. The number of hydrogen-bond donors (Lipinski definition) is 1. The SMILES string of the molecule is Cc1cccc(N(CC(C)N)C2CC2)n1. The smallest absolute Gasteiger partial charge is 0.129 e. The van der Waals surface area contributed by atoms with E-state index in [-0.39, 0.29) is 6.04 Å². The van der Waals surface area contributed by atoms with Gasteiger partial charge in [0, 0.05) is 24.3 Å². The van der Waals surface area contributed by atoms with Crippen LogP contribution in [0.15, 0.2) is 18.2 Å². The van der Waals surface area contributed by atoms with E-state index in [1.165, 1.54) is 12.8 Å². The van der Waals surface area contributed by atoms with Crippen LogP contribution in [0, 0.1) is 6.92 Å². The third-order valence-electron chi connectivity index (χ3n) is 2.64. The van der Waals surface area contributed by atoms with Crippen LogP contribution < -0.4 is 10.6 Å². The van der Waals surface area contributed by atoms with E-state index in [2.05, 4.69) is 22.0 Å². The van der Waals surface area contributed by atoms with E-state index in [9.17, 15) is 0 Å². The summed E-state index contributed by atoms with van der Waals surface area (Å²) >= 11 is 0. The molecule has 1 unspecified atom stereocenters. The predicted molar refractivity (Wildman–Crippen MR) is 63.0 cm³/mol. The highest BCUT2D eigenvalue weighted by Gasteiger charge is 2.30. The lowest BCUT2D eigenvalue weighted by Gasteiger charge is -2.25. The second kappa shape index (κ2) is 4.19. The van der Waals surface area contributed by atoms with Gasteiger partial charge < -0.3 is 10.6 Å². The molecule has 0 bridgehead atoms. The van der Waals surface area contributed by atoms with Gasteiger partial charge in [-0.1, -0.05) is 6.07 Å². The molecule has 3 nitrogen and oxygen atoms in total. The van der Waals surface area contributed by atoms with E-state index in [1.54, 1.807) is 0 Å². The fourth-order valence-electron chi connectivity index (χ4n) is 1.81. The van der Waals surface area contributed by atoms with Gasteiger partial charge in [0.15, 0.2) is 0 Å². The fraction of sp³-hybridized carbons (Fsp3) is 0.583. The summed E-state index contributed by atoms with van der Waals surface area (Å²) in [6.45, 7) is 4.98. The number of nitrogens with two attached hydrogens (primary N) is 1. The maximum absolute atomic E-state index is 5.86. The number of aryl methyl sites for hydroxylation is 1. The molecule has 1 aromatic heterocycles. The van der Waals surface area contributed by atoms with Gasteiger partial charge in [-0.05, 0) is 38.8 Å². The third kappa shape index (κ3) is 2.69. The predicted octanol–water partition coefficient (Wildman–Crippen LogP) is 1.71. The van der Waals surface area contributed by atoms with Crippen molar-refractivity contribution in [3.8, 4) is 0 Å². The summed E-state index contributed by atoms with van der Waals surface area (Å²) in [4.78, 5) is 6.90. The summed E-state index contributed by atoms with van der Waals surface area (Å²) in [6, 6.07) is 7.04. The zero-order valence-electron chi connectivity index (χ0n) is 9.48. The molecule has 1 saturated carbocycles. The maximum atomic E-state index is 5.86. The average Bonchev–Trinajstić information content (AvgIpc) is 2.97. The molecule has 0 radical (unpaired) electrons. The number of pyridine rings is 1. The minimum atomic E-state index is 0.202. The van der Waals surface area contributed by atoms with Crippen LogP contribution in [0.25, 0.3) is 0 Å². The molecular formula is C12H19N3. The van der Waals surface area contributed by atoms with E-state index in [4.69, 9.17) is 5.73 Å². The number of nitrogens with zero attached hydrogens (tertiary/aromatic N) is 2. The summed E-state index contributed by atoms with van der Waals surface area (Å²) in [6.07, 6.45) is 2.56. The zero-order valence-corrected chi connectivity index (χ0v) is 9.48. The minimum absolute atomic E-state index is 0.202. The van der Waals surface area contributed by atoms with E-state index in [0.29, 0.717) is 6.04 Å². The Hall–Kier alpha value is -1.09. The van der Waals surface area contributed by atoms with Gasteiger partial charge in [0.2, 0.25) is 0 Å². The van der Waals surface area contributed by atoms with Crippen LogP contribution in [0.3, 0.4) is 0 Å². The van der Waals surface area contributed by atoms with Gasteiger partial charge in [-0.15, -0.1) is 0 Å². The number of rotatable bonds is 4. The normalized spacial score (nSPS) is 17.5. The molecule has 1 atom stereocenters. The van der Waals surface area contributed by atoms with Crippen molar-refractivity contribution in [3.05, 3.63) is 23.9 Å². The molecule has 0 amide bonds. The Morgan fingerprint density at radius 2 is 2.27 bits per heavy atom. The first-order chi connectivity index (χ1) is 7.16.